The van der Waals surface area contributed by atoms with Crippen LogP contribution in [-0.4, -0.2) is 25.3 Å². The average molecular weight is 332 g/mol. The molecule has 3 nitrogen and oxygen atoms in total. The van der Waals surface area contributed by atoms with Crippen molar-refractivity contribution in [2.45, 2.75) is 65.6 Å². The van der Waals surface area contributed by atoms with Crippen LogP contribution in [0.1, 0.15) is 59.3 Å². The van der Waals surface area contributed by atoms with E-state index < -0.39 is 0 Å². The molecule has 0 radical (unpaired) electrons. The fraction of sp³-hybridized carbons (Fsp3) is 0.857. The molecule has 3 heteroatoms. The zero-order valence-corrected chi connectivity index (χ0v) is 15.4. The summed E-state index contributed by atoms with van der Waals surface area (Å²) < 4.78 is 11.3. The standard InChI is InChI=1S/C21H32O3/c1-20(2)10-11-21(3)18(20)15-9-8-14(17(15)19(21)22)6-4-7-16-23-12-5-13-24-16/h10-11,14-18H,4-9,12-13H2,1-3H3/t14-,15-,17+,18-,21+/m1/s1. The molecule has 3 fully saturated rings. The quantitative estimate of drug-likeness (QED) is 0.717. The van der Waals surface area contributed by atoms with Gasteiger partial charge in [-0.25, -0.2) is 0 Å². The Labute approximate surface area is 146 Å². The maximum absolute atomic E-state index is 13.3. The second-order valence-electron chi connectivity index (χ2n) is 9.26. The zero-order chi connectivity index (χ0) is 16.9. The monoisotopic (exact) mass is 332 g/mol. The lowest BCUT2D eigenvalue weighted by molar-refractivity contribution is -0.181. The molecule has 0 aromatic rings. The van der Waals surface area contributed by atoms with Crippen LogP contribution in [0, 0.1) is 34.5 Å². The van der Waals surface area contributed by atoms with Crippen molar-refractivity contribution in [2.24, 2.45) is 34.5 Å². The molecule has 1 aliphatic heterocycles. The molecule has 24 heavy (non-hydrogen) atoms. The zero-order valence-electron chi connectivity index (χ0n) is 15.4. The Balaban J connectivity index is 1.40. The summed E-state index contributed by atoms with van der Waals surface area (Å²) in [5, 5.41) is 0. The van der Waals surface area contributed by atoms with Crippen LogP contribution in [0.15, 0.2) is 12.2 Å². The molecule has 0 amide bonds. The van der Waals surface area contributed by atoms with E-state index in [2.05, 4.69) is 32.9 Å². The van der Waals surface area contributed by atoms with Gasteiger partial charge in [0.2, 0.25) is 0 Å². The number of carbonyl (C=O) groups is 1. The Hall–Kier alpha value is -0.670. The normalized spacial score (nSPS) is 44.0. The van der Waals surface area contributed by atoms with E-state index in [1.54, 1.807) is 0 Å². The number of ketones is 1. The van der Waals surface area contributed by atoms with Gasteiger partial charge >= 0.3 is 0 Å². The maximum Gasteiger partial charge on any atom is 0.157 e. The van der Waals surface area contributed by atoms with Crippen molar-refractivity contribution < 1.29 is 14.3 Å². The summed E-state index contributed by atoms with van der Waals surface area (Å²) in [7, 11) is 0. The second kappa shape index (κ2) is 5.95. The molecule has 134 valence electrons. The molecule has 1 heterocycles. The van der Waals surface area contributed by atoms with Gasteiger partial charge in [-0.3, -0.25) is 4.79 Å². The molecule has 3 aliphatic carbocycles. The van der Waals surface area contributed by atoms with Gasteiger partial charge in [-0.05, 0) is 68.6 Å². The van der Waals surface area contributed by atoms with Crippen LogP contribution in [0.3, 0.4) is 0 Å². The number of hydrogen-bond donors (Lipinski definition) is 0. The Morgan fingerprint density at radius 3 is 2.58 bits per heavy atom. The first-order chi connectivity index (χ1) is 11.4. The Morgan fingerprint density at radius 2 is 1.83 bits per heavy atom. The van der Waals surface area contributed by atoms with E-state index in [4.69, 9.17) is 9.47 Å². The van der Waals surface area contributed by atoms with Crippen molar-refractivity contribution in [3.8, 4) is 0 Å². The highest BCUT2D eigenvalue weighted by atomic mass is 16.7. The SMILES string of the molecule is CC1(C)C=C[C@]2(C)C(=O)[C@H]3[C@H](CCCC4OCCCO4)CC[C@H]3[C@H]12. The van der Waals surface area contributed by atoms with Crippen molar-refractivity contribution in [3.63, 3.8) is 0 Å². The summed E-state index contributed by atoms with van der Waals surface area (Å²) in [4.78, 5) is 13.3. The molecule has 0 aromatic carbocycles. The van der Waals surface area contributed by atoms with E-state index in [0.29, 0.717) is 29.5 Å². The summed E-state index contributed by atoms with van der Waals surface area (Å²) in [6.45, 7) is 8.50. The minimum absolute atomic E-state index is 0.00556. The molecule has 0 spiro atoms. The highest BCUT2D eigenvalue weighted by Crippen LogP contribution is 2.65. The van der Waals surface area contributed by atoms with Crippen molar-refractivity contribution in [3.05, 3.63) is 12.2 Å². The lowest BCUT2D eigenvalue weighted by Gasteiger charge is -2.34. The molecular formula is C21H32O3. The first kappa shape index (κ1) is 16.8. The van der Waals surface area contributed by atoms with E-state index in [0.717, 1.165) is 38.9 Å². The number of fused-ring (bicyclic) bond motifs is 3. The van der Waals surface area contributed by atoms with Crippen LogP contribution in [0.5, 0.6) is 0 Å². The third-order valence-electron chi connectivity index (χ3n) is 7.32. The van der Waals surface area contributed by atoms with Gasteiger partial charge in [0, 0.05) is 11.3 Å². The van der Waals surface area contributed by atoms with Crippen molar-refractivity contribution in [1.82, 2.24) is 0 Å². The van der Waals surface area contributed by atoms with Crippen LogP contribution < -0.4 is 0 Å². The number of hydrogen-bond acceptors (Lipinski definition) is 3. The number of Topliss-reactive ketones (excluding diaryl/α,β-unsaturated/α-hetero) is 1. The van der Waals surface area contributed by atoms with Crippen molar-refractivity contribution in [2.75, 3.05) is 13.2 Å². The number of rotatable bonds is 4. The summed E-state index contributed by atoms with van der Waals surface area (Å²) in [5.41, 5.74) is -0.0322. The van der Waals surface area contributed by atoms with Crippen LogP contribution >= 0.6 is 0 Å². The fourth-order valence-electron chi connectivity index (χ4n) is 6.43. The van der Waals surface area contributed by atoms with Gasteiger partial charge < -0.3 is 9.47 Å². The molecule has 0 aromatic heterocycles. The van der Waals surface area contributed by atoms with Gasteiger partial charge in [0.1, 0.15) is 5.78 Å². The van der Waals surface area contributed by atoms with Gasteiger partial charge in [0.25, 0.3) is 0 Å². The second-order valence-corrected chi connectivity index (χ2v) is 9.26. The van der Waals surface area contributed by atoms with Gasteiger partial charge in [-0.2, -0.15) is 0 Å². The molecule has 0 unspecified atom stereocenters. The predicted octanol–water partition coefficient (Wildman–Crippen LogP) is 4.36. The predicted molar refractivity (Wildman–Crippen MR) is 93.4 cm³/mol. The summed E-state index contributed by atoms with van der Waals surface area (Å²) in [6.07, 6.45) is 11.3. The van der Waals surface area contributed by atoms with E-state index in [1.807, 2.05) is 0 Å². The molecular weight excluding hydrogens is 300 g/mol. The van der Waals surface area contributed by atoms with Gasteiger partial charge in [-0.15, -0.1) is 0 Å². The fourth-order valence-corrected chi connectivity index (χ4v) is 6.43. The summed E-state index contributed by atoms with van der Waals surface area (Å²) >= 11 is 0. The minimum atomic E-state index is -0.201. The number of ether oxygens (including phenoxy) is 2. The number of allylic oxidation sites excluding steroid dienone is 2. The topological polar surface area (TPSA) is 35.5 Å². The lowest BCUT2D eigenvalue weighted by atomic mass is 9.68. The van der Waals surface area contributed by atoms with Crippen molar-refractivity contribution >= 4 is 5.78 Å². The molecule has 0 N–H and O–H groups in total. The van der Waals surface area contributed by atoms with Crippen LogP contribution in [0.25, 0.3) is 0 Å². The Kier molecular flexibility index (Phi) is 4.16. The van der Waals surface area contributed by atoms with Crippen LogP contribution in [0.2, 0.25) is 0 Å². The maximum atomic E-state index is 13.3. The minimum Gasteiger partial charge on any atom is -0.353 e. The van der Waals surface area contributed by atoms with E-state index >= 15 is 0 Å². The molecule has 1 saturated heterocycles. The Morgan fingerprint density at radius 1 is 1.08 bits per heavy atom. The smallest absolute Gasteiger partial charge is 0.157 e. The van der Waals surface area contributed by atoms with Crippen molar-refractivity contribution in [1.29, 1.82) is 0 Å². The van der Waals surface area contributed by atoms with Gasteiger partial charge in [0.15, 0.2) is 6.29 Å². The highest BCUT2D eigenvalue weighted by Gasteiger charge is 2.65. The first-order valence-electron chi connectivity index (χ1n) is 9.91. The van der Waals surface area contributed by atoms with E-state index in [9.17, 15) is 4.79 Å². The third-order valence-corrected chi connectivity index (χ3v) is 7.32. The Bertz CT molecular complexity index is 531. The van der Waals surface area contributed by atoms with Gasteiger partial charge in [0.05, 0.1) is 13.2 Å². The lowest BCUT2D eigenvalue weighted by Crippen LogP contribution is -2.33. The average Bonchev–Trinajstić information content (AvgIpc) is 3.13. The summed E-state index contributed by atoms with van der Waals surface area (Å²) in [5.74, 6) is 2.53. The highest BCUT2D eigenvalue weighted by molar-refractivity contribution is 5.93. The number of carbonyl (C=O) groups excluding carboxylic acids is 1. The first-order valence-corrected chi connectivity index (χ1v) is 9.91. The van der Waals surface area contributed by atoms with Gasteiger partial charge in [-0.1, -0.05) is 26.0 Å². The molecule has 4 aliphatic rings. The largest absolute Gasteiger partial charge is 0.353 e. The van der Waals surface area contributed by atoms with E-state index in [-0.39, 0.29) is 17.1 Å². The van der Waals surface area contributed by atoms with Crippen LogP contribution in [0.4, 0.5) is 0 Å². The summed E-state index contributed by atoms with van der Waals surface area (Å²) in [6, 6.07) is 0. The molecule has 0 bridgehead atoms. The third kappa shape index (κ3) is 2.50. The molecule has 4 rings (SSSR count). The molecule has 2 saturated carbocycles. The van der Waals surface area contributed by atoms with Crippen LogP contribution in [-0.2, 0) is 14.3 Å². The molecule has 5 atom stereocenters. The van der Waals surface area contributed by atoms with E-state index in [1.165, 1.54) is 12.8 Å².